The van der Waals surface area contributed by atoms with Crippen molar-refractivity contribution < 1.29 is 0 Å². The number of thiol groups is 2. The van der Waals surface area contributed by atoms with Crippen molar-refractivity contribution in [3.05, 3.63) is 0 Å². The molecule has 0 fully saturated rings. The fourth-order valence-electron chi connectivity index (χ4n) is 0.771. The van der Waals surface area contributed by atoms with E-state index in [0.29, 0.717) is 16.0 Å². The molecule has 0 saturated carbocycles. The molecule has 1 N–H and O–H groups in total. The van der Waals surface area contributed by atoms with Gasteiger partial charge in [-0.25, -0.2) is 0 Å². The third-order valence-electron chi connectivity index (χ3n) is 1.41. The van der Waals surface area contributed by atoms with Crippen LogP contribution in [-0.2, 0) is 0 Å². The SMILES string of the molecule is CC(C)CNc1c(S)nnnc1S. The van der Waals surface area contributed by atoms with Gasteiger partial charge in [0.15, 0.2) is 0 Å². The predicted octanol–water partition coefficient (Wildman–Crippen LogP) is 1.52. The Balaban J connectivity index is 2.75. The number of anilines is 1. The number of hydrogen-bond acceptors (Lipinski definition) is 6. The van der Waals surface area contributed by atoms with Crippen LogP contribution in [0, 0.1) is 5.92 Å². The fraction of sp³-hybridized carbons (Fsp3) is 0.571. The second-order valence-corrected chi connectivity index (χ2v) is 3.93. The molecule has 0 atom stereocenters. The third-order valence-corrected chi connectivity index (χ3v) is 2.04. The molecule has 13 heavy (non-hydrogen) atoms. The van der Waals surface area contributed by atoms with Gasteiger partial charge in [0.25, 0.3) is 0 Å². The molecule has 6 heteroatoms. The van der Waals surface area contributed by atoms with Crippen molar-refractivity contribution in [1.82, 2.24) is 15.4 Å². The minimum Gasteiger partial charge on any atom is -0.380 e. The van der Waals surface area contributed by atoms with Gasteiger partial charge in [0.2, 0.25) is 0 Å². The Kier molecular flexibility index (Phi) is 3.80. The maximum absolute atomic E-state index is 4.15. The fourth-order valence-corrected chi connectivity index (χ4v) is 1.31. The molecule has 0 aliphatic heterocycles. The highest BCUT2D eigenvalue weighted by atomic mass is 32.1. The highest BCUT2D eigenvalue weighted by molar-refractivity contribution is 7.81. The van der Waals surface area contributed by atoms with Gasteiger partial charge in [0.05, 0.1) is 0 Å². The van der Waals surface area contributed by atoms with Crippen LogP contribution in [0.5, 0.6) is 0 Å². The molecule has 0 spiro atoms. The summed E-state index contributed by atoms with van der Waals surface area (Å²) in [5, 5.41) is 15.1. The zero-order valence-electron chi connectivity index (χ0n) is 7.52. The second kappa shape index (κ2) is 4.66. The lowest BCUT2D eigenvalue weighted by Crippen LogP contribution is -2.10. The number of nitrogens with zero attached hydrogens (tertiary/aromatic N) is 3. The van der Waals surface area contributed by atoms with Gasteiger partial charge in [-0.05, 0) is 11.1 Å². The van der Waals surface area contributed by atoms with Crippen molar-refractivity contribution in [2.75, 3.05) is 11.9 Å². The van der Waals surface area contributed by atoms with Gasteiger partial charge in [0.1, 0.15) is 15.7 Å². The Bertz CT molecular complexity index is 270. The maximum Gasteiger partial charge on any atom is 0.143 e. The van der Waals surface area contributed by atoms with Gasteiger partial charge in [-0.15, -0.1) is 35.5 Å². The lowest BCUT2D eigenvalue weighted by Gasteiger charge is -2.10. The number of aromatic nitrogens is 3. The third kappa shape index (κ3) is 3.04. The zero-order valence-corrected chi connectivity index (χ0v) is 9.31. The molecular weight excluding hydrogens is 204 g/mol. The molecule has 1 rings (SSSR count). The van der Waals surface area contributed by atoms with Gasteiger partial charge in [0, 0.05) is 6.54 Å². The van der Waals surface area contributed by atoms with Crippen LogP contribution >= 0.6 is 25.3 Å². The lowest BCUT2D eigenvalue weighted by molar-refractivity contribution is 0.677. The van der Waals surface area contributed by atoms with E-state index < -0.39 is 0 Å². The summed E-state index contributed by atoms with van der Waals surface area (Å²) in [5.41, 5.74) is 0.746. The van der Waals surface area contributed by atoms with Crippen LogP contribution in [0.25, 0.3) is 0 Å². The lowest BCUT2D eigenvalue weighted by atomic mass is 10.2. The van der Waals surface area contributed by atoms with Crippen molar-refractivity contribution in [2.45, 2.75) is 23.9 Å². The zero-order chi connectivity index (χ0) is 9.84. The van der Waals surface area contributed by atoms with E-state index in [4.69, 9.17) is 0 Å². The molecule has 0 aromatic carbocycles. The van der Waals surface area contributed by atoms with E-state index in [2.05, 4.69) is 59.8 Å². The van der Waals surface area contributed by atoms with E-state index in [1.807, 2.05) is 0 Å². The van der Waals surface area contributed by atoms with E-state index in [1.165, 1.54) is 0 Å². The summed E-state index contributed by atoms with van der Waals surface area (Å²) in [7, 11) is 0. The summed E-state index contributed by atoms with van der Waals surface area (Å²) in [4.78, 5) is 0. The van der Waals surface area contributed by atoms with E-state index in [1.54, 1.807) is 0 Å². The van der Waals surface area contributed by atoms with Crippen LogP contribution in [0.2, 0.25) is 0 Å². The smallest absolute Gasteiger partial charge is 0.143 e. The van der Waals surface area contributed by atoms with Crippen LogP contribution in [0.3, 0.4) is 0 Å². The van der Waals surface area contributed by atoms with Gasteiger partial charge in [-0.2, -0.15) is 0 Å². The number of nitrogens with one attached hydrogen (secondary N) is 1. The standard InChI is InChI=1S/C7H12N4S2/c1-4(2)3-8-5-6(12)9-11-10-7(5)13/h4H,3H2,1-2H3,(H,8,11)(H2,9,10,12,13). The average Bonchev–Trinajstić information content (AvgIpc) is 2.03. The molecule has 1 aromatic heterocycles. The van der Waals surface area contributed by atoms with Gasteiger partial charge in [-0.1, -0.05) is 13.8 Å². The Morgan fingerprint density at radius 2 is 1.77 bits per heavy atom. The summed E-state index contributed by atoms with van der Waals surface area (Å²) in [6.07, 6.45) is 0. The molecular formula is C7H12N4S2. The highest BCUT2D eigenvalue weighted by Crippen LogP contribution is 2.22. The van der Waals surface area contributed by atoms with E-state index >= 15 is 0 Å². The first-order valence-electron chi connectivity index (χ1n) is 3.96. The number of rotatable bonds is 3. The van der Waals surface area contributed by atoms with Crippen molar-refractivity contribution in [1.29, 1.82) is 0 Å². The van der Waals surface area contributed by atoms with Crippen LogP contribution < -0.4 is 5.32 Å². The molecule has 0 aliphatic carbocycles. The minimum absolute atomic E-state index is 0.528. The molecule has 1 aromatic rings. The Hall–Kier alpha value is -0.490. The molecule has 1 heterocycles. The van der Waals surface area contributed by atoms with E-state index in [-0.39, 0.29) is 0 Å². The first kappa shape index (κ1) is 10.6. The first-order chi connectivity index (χ1) is 6.11. The average molecular weight is 216 g/mol. The normalized spacial score (nSPS) is 10.5. The van der Waals surface area contributed by atoms with Crippen LogP contribution in [0.1, 0.15) is 13.8 Å². The summed E-state index contributed by atoms with van der Waals surface area (Å²) < 4.78 is 0. The Labute approximate surface area is 88.3 Å². The van der Waals surface area contributed by atoms with E-state index in [9.17, 15) is 0 Å². The molecule has 0 unspecified atom stereocenters. The van der Waals surface area contributed by atoms with Crippen LogP contribution in [-0.4, -0.2) is 22.0 Å². The van der Waals surface area contributed by atoms with Crippen LogP contribution in [0.4, 0.5) is 5.69 Å². The van der Waals surface area contributed by atoms with Crippen molar-refractivity contribution in [3.63, 3.8) is 0 Å². The Morgan fingerprint density at radius 3 is 2.23 bits per heavy atom. The molecule has 0 saturated heterocycles. The monoisotopic (exact) mass is 216 g/mol. The minimum atomic E-state index is 0.528. The highest BCUT2D eigenvalue weighted by Gasteiger charge is 2.06. The second-order valence-electron chi connectivity index (χ2n) is 3.09. The van der Waals surface area contributed by atoms with Gasteiger partial charge >= 0.3 is 0 Å². The number of hydrogen-bond donors (Lipinski definition) is 3. The first-order valence-corrected chi connectivity index (χ1v) is 4.86. The Morgan fingerprint density at radius 1 is 1.23 bits per heavy atom. The predicted molar refractivity (Wildman–Crippen MR) is 57.7 cm³/mol. The van der Waals surface area contributed by atoms with Crippen molar-refractivity contribution in [2.24, 2.45) is 5.92 Å². The largest absolute Gasteiger partial charge is 0.380 e. The molecule has 0 amide bonds. The molecule has 0 radical (unpaired) electrons. The molecule has 0 aliphatic rings. The molecule has 0 bridgehead atoms. The van der Waals surface area contributed by atoms with Gasteiger partial charge < -0.3 is 5.32 Å². The van der Waals surface area contributed by atoms with Crippen molar-refractivity contribution >= 4 is 30.9 Å². The molecule has 4 nitrogen and oxygen atoms in total. The molecule has 72 valence electrons. The van der Waals surface area contributed by atoms with E-state index in [0.717, 1.165) is 12.2 Å². The topological polar surface area (TPSA) is 50.7 Å². The maximum atomic E-state index is 4.15. The quantitative estimate of drug-likeness (QED) is 0.671. The summed E-state index contributed by atoms with van der Waals surface area (Å²) in [5.74, 6) is 0.550. The van der Waals surface area contributed by atoms with Crippen molar-refractivity contribution in [3.8, 4) is 0 Å². The summed E-state index contributed by atoms with van der Waals surface area (Å²) in [6.45, 7) is 5.07. The summed E-state index contributed by atoms with van der Waals surface area (Å²) >= 11 is 8.29. The van der Waals surface area contributed by atoms with Crippen LogP contribution in [0.15, 0.2) is 10.1 Å². The summed E-state index contributed by atoms with van der Waals surface area (Å²) in [6, 6.07) is 0. The van der Waals surface area contributed by atoms with Gasteiger partial charge in [-0.3, -0.25) is 0 Å².